The first-order chi connectivity index (χ1) is 12.7. The second-order valence-corrected chi connectivity index (χ2v) is 6.18. The Bertz CT molecular complexity index is 1040. The average molecular weight is 345 g/mol. The summed E-state index contributed by atoms with van der Waals surface area (Å²) >= 11 is 0. The highest BCUT2D eigenvalue weighted by atomic mass is 16.5. The van der Waals surface area contributed by atoms with Crippen LogP contribution in [0.15, 0.2) is 71.1 Å². The van der Waals surface area contributed by atoms with Gasteiger partial charge in [-0.2, -0.15) is 0 Å². The molecule has 1 aromatic heterocycles. The predicted octanol–water partition coefficient (Wildman–Crippen LogP) is 4.87. The lowest BCUT2D eigenvalue weighted by Gasteiger charge is -2.07. The number of fused-ring (bicyclic) bond motifs is 1. The SMILES string of the molecule is Cc1oc(-c2ccccc2)nc1COc1ccc2cc(CO)ccc2c1. The zero-order valence-electron chi connectivity index (χ0n) is 14.5. The molecule has 0 spiro atoms. The number of nitrogens with zero attached hydrogens (tertiary/aromatic N) is 1. The maximum absolute atomic E-state index is 9.23. The van der Waals surface area contributed by atoms with Crippen LogP contribution in [-0.4, -0.2) is 10.1 Å². The summed E-state index contributed by atoms with van der Waals surface area (Å²) < 4.78 is 11.7. The fraction of sp³-hybridized carbons (Fsp3) is 0.136. The molecule has 1 heterocycles. The van der Waals surface area contributed by atoms with E-state index in [1.807, 2.05) is 73.7 Å². The molecule has 4 nitrogen and oxygen atoms in total. The number of hydrogen-bond donors (Lipinski definition) is 1. The minimum atomic E-state index is 0.0450. The van der Waals surface area contributed by atoms with Gasteiger partial charge in [-0.1, -0.05) is 36.4 Å². The number of oxazole rings is 1. The lowest BCUT2D eigenvalue weighted by atomic mass is 10.1. The van der Waals surface area contributed by atoms with Crippen LogP contribution in [0.5, 0.6) is 5.75 Å². The second kappa shape index (κ2) is 7.02. The van der Waals surface area contributed by atoms with Crippen molar-refractivity contribution in [3.05, 3.63) is 83.7 Å². The molecule has 0 bridgehead atoms. The van der Waals surface area contributed by atoms with E-state index in [0.29, 0.717) is 12.5 Å². The molecule has 0 atom stereocenters. The van der Waals surface area contributed by atoms with Gasteiger partial charge in [0.1, 0.15) is 23.8 Å². The lowest BCUT2D eigenvalue weighted by molar-refractivity contribution is 0.282. The summed E-state index contributed by atoms with van der Waals surface area (Å²) in [6.07, 6.45) is 0. The highest BCUT2D eigenvalue weighted by molar-refractivity contribution is 5.84. The minimum absolute atomic E-state index is 0.0450. The van der Waals surface area contributed by atoms with Gasteiger partial charge in [0.2, 0.25) is 5.89 Å². The zero-order chi connectivity index (χ0) is 17.9. The maximum atomic E-state index is 9.23. The molecular formula is C22H19NO3. The Labute approximate surface area is 151 Å². The smallest absolute Gasteiger partial charge is 0.226 e. The van der Waals surface area contributed by atoms with Crippen molar-refractivity contribution in [3.63, 3.8) is 0 Å². The monoisotopic (exact) mass is 345 g/mol. The third kappa shape index (κ3) is 3.32. The van der Waals surface area contributed by atoms with Crippen LogP contribution in [0.1, 0.15) is 17.0 Å². The Balaban J connectivity index is 1.52. The van der Waals surface area contributed by atoms with Crippen molar-refractivity contribution >= 4 is 10.8 Å². The third-order valence-electron chi connectivity index (χ3n) is 4.35. The summed E-state index contributed by atoms with van der Waals surface area (Å²) in [6, 6.07) is 21.6. The van der Waals surface area contributed by atoms with Gasteiger partial charge in [0.15, 0.2) is 0 Å². The average Bonchev–Trinajstić information content (AvgIpc) is 3.07. The van der Waals surface area contributed by atoms with Crippen molar-refractivity contribution in [3.8, 4) is 17.2 Å². The van der Waals surface area contributed by atoms with Gasteiger partial charge in [-0.15, -0.1) is 0 Å². The van der Waals surface area contributed by atoms with Crippen molar-refractivity contribution in [1.29, 1.82) is 0 Å². The first kappa shape index (κ1) is 16.4. The van der Waals surface area contributed by atoms with Crippen LogP contribution < -0.4 is 4.74 Å². The zero-order valence-corrected chi connectivity index (χ0v) is 14.5. The Kier molecular flexibility index (Phi) is 4.42. The van der Waals surface area contributed by atoms with Crippen LogP contribution in [0, 0.1) is 6.92 Å². The summed E-state index contributed by atoms with van der Waals surface area (Å²) in [5.41, 5.74) is 2.64. The summed E-state index contributed by atoms with van der Waals surface area (Å²) in [5, 5.41) is 11.4. The van der Waals surface area contributed by atoms with Crippen LogP contribution in [-0.2, 0) is 13.2 Å². The minimum Gasteiger partial charge on any atom is -0.487 e. The molecule has 4 rings (SSSR count). The molecule has 0 aliphatic rings. The van der Waals surface area contributed by atoms with Crippen LogP contribution >= 0.6 is 0 Å². The first-order valence-electron chi connectivity index (χ1n) is 8.51. The Morgan fingerprint density at radius 1 is 0.962 bits per heavy atom. The number of aromatic nitrogens is 1. The van der Waals surface area contributed by atoms with Crippen molar-refractivity contribution < 1.29 is 14.3 Å². The van der Waals surface area contributed by atoms with Gasteiger partial charge in [-0.25, -0.2) is 4.98 Å². The van der Waals surface area contributed by atoms with Crippen molar-refractivity contribution in [2.24, 2.45) is 0 Å². The normalized spacial score (nSPS) is 11.0. The van der Waals surface area contributed by atoms with Gasteiger partial charge in [0.25, 0.3) is 0 Å². The number of aliphatic hydroxyl groups is 1. The molecule has 0 fully saturated rings. The molecule has 0 aliphatic heterocycles. The summed E-state index contributed by atoms with van der Waals surface area (Å²) in [7, 11) is 0. The summed E-state index contributed by atoms with van der Waals surface area (Å²) in [6.45, 7) is 2.29. The van der Waals surface area contributed by atoms with Gasteiger partial charge in [0.05, 0.1) is 6.61 Å². The molecule has 4 aromatic rings. The fourth-order valence-corrected chi connectivity index (χ4v) is 2.88. The molecule has 3 aromatic carbocycles. The van der Waals surface area contributed by atoms with E-state index in [4.69, 9.17) is 9.15 Å². The Hall–Kier alpha value is -3.11. The highest BCUT2D eigenvalue weighted by Crippen LogP contribution is 2.25. The molecule has 130 valence electrons. The largest absolute Gasteiger partial charge is 0.487 e. The van der Waals surface area contributed by atoms with E-state index >= 15 is 0 Å². The van der Waals surface area contributed by atoms with Crippen LogP contribution in [0.4, 0.5) is 0 Å². The van der Waals surface area contributed by atoms with Gasteiger partial charge >= 0.3 is 0 Å². The van der Waals surface area contributed by atoms with Gasteiger partial charge in [-0.05, 0) is 53.6 Å². The molecule has 26 heavy (non-hydrogen) atoms. The molecule has 0 radical (unpaired) electrons. The van der Waals surface area contributed by atoms with E-state index in [0.717, 1.165) is 39.1 Å². The summed E-state index contributed by atoms with van der Waals surface area (Å²) in [5.74, 6) is 2.15. The van der Waals surface area contributed by atoms with E-state index in [2.05, 4.69) is 4.98 Å². The van der Waals surface area contributed by atoms with Crippen LogP contribution in [0.25, 0.3) is 22.2 Å². The van der Waals surface area contributed by atoms with Gasteiger partial charge in [0, 0.05) is 5.56 Å². The molecule has 0 aliphatic carbocycles. The van der Waals surface area contributed by atoms with E-state index < -0.39 is 0 Å². The molecule has 0 amide bonds. The van der Waals surface area contributed by atoms with E-state index in [9.17, 15) is 5.11 Å². The molecule has 4 heteroatoms. The standard InChI is InChI=1S/C22H19NO3/c1-15-21(23-22(26-15)17-5-3-2-4-6-17)14-25-20-10-9-18-11-16(13-24)7-8-19(18)12-20/h2-12,24H,13-14H2,1H3. The number of benzene rings is 3. The molecule has 0 unspecified atom stereocenters. The summed E-state index contributed by atoms with van der Waals surface area (Å²) in [4.78, 5) is 4.56. The topological polar surface area (TPSA) is 55.5 Å². The third-order valence-corrected chi connectivity index (χ3v) is 4.35. The van der Waals surface area contributed by atoms with E-state index in [1.54, 1.807) is 0 Å². The van der Waals surface area contributed by atoms with Crippen LogP contribution in [0.2, 0.25) is 0 Å². The molecule has 0 saturated heterocycles. The van der Waals surface area contributed by atoms with E-state index in [1.165, 1.54) is 0 Å². The second-order valence-electron chi connectivity index (χ2n) is 6.18. The van der Waals surface area contributed by atoms with Crippen molar-refractivity contribution in [2.45, 2.75) is 20.1 Å². The number of aliphatic hydroxyl groups excluding tert-OH is 1. The molecule has 1 N–H and O–H groups in total. The molecular weight excluding hydrogens is 326 g/mol. The number of rotatable bonds is 5. The highest BCUT2D eigenvalue weighted by Gasteiger charge is 2.12. The quantitative estimate of drug-likeness (QED) is 0.560. The Morgan fingerprint density at radius 3 is 2.54 bits per heavy atom. The van der Waals surface area contributed by atoms with Gasteiger partial charge in [-0.3, -0.25) is 0 Å². The lowest BCUT2D eigenvalue weighted by Crippen LogP contribution is -1.97. The van der Waals surface area contributed by atoms with Crippen LogP contribution in [0.3, 0.4) is 0 Å². The van der Waals surface area contributed by atoms with Gasteiger partial charge < -0.3 is 14.3 Å². The number of ether oxygens (including phenoxy) is 1. The fourth-order valence-electron chi connectivity index (χ4n) is 2.88. The first-order valence-corrected chi connectivity index (χ1v) is 8.51. The number of aryl methyl sites for hydroxylation is 1. The maximum Gasteiger partial charge on any atom is 0.226 e. The van der Waals surface area contributed by atoms with Crippen molar-refractivity contribution in [2.75, 3.05) is 0 Å². The molecule has 0 saturated carbocycles. The van der Waals surface area contributed by atoms with Crippen molar-refractivity contribution in [1.82, 2.24) is 4.98 Å². The van der Waals surface area contributed by atoms with E-state index in [-0.39, 0.29) is 6.61 Å². The predicted molar refractivity (Wildman–Crippen MR) is 101 cm³/mol. The Morgan fingerprint density at radius 2 is 1.73 bits per heavy atom. The number of hydrogen-bond acceptors (Lipinski definition) is 4.